The predicted octanol–water partition coefficient (Wildman–Crippen LogP) is 3.68. The van der Waals surface area contributed by atoms with Gasteiger partial charge in [-0.3, -0.25) is 0 Å². The maximum Gasteiger partial charge on any atom is 0.458 e. The predicted molar refractivity (Wildman–Crippen MR) is 87.0 cm³/mol. The lowest BCUT2D eigenvalue weighted by molar-refractivity contribution is 0.00578. The van der Waals surface area contributed by atoms with Crippen molar-refractivity contribution in [3.63, 3.8) is 0 Å². The summed E-state index contributed by atoms with van der Waals surface area (Å²) < 4.78 is 24.8. The Morgan fingerprint density at radius 3 is 2.18 bits per heavy atom. The minimum absolute atomic E-state index is 0.0744. The fourth-order valence-electron chi connectivity index (χ4n) is 2.41. The van der Waals surface area contributed by atoms with Crippen molar-refractivity contribution in [3.8, 4) is 0 Å². The van der Waals surface area contributed by atoms with Gasteiger partial charge in [0.15, 0.2) is 0 Å². The largest absolute Gasteiger partial charge is 0.458 e. The van der Waals surface area contributed by atoms with Gasteiger partial charge in [-0.05, 0) is 63.7 Å². The molecule has 0 radical (unpaired) electrons. The van der Waals surface area contributed by atoms with Crippen LogP contribution < -0.4 is 0 Å². The molecule has 1 aliphatic rings. The number of benzene rings is 1. The fraction of sp³-hybridized carbons (Fsp3) is 0.529. The third kappa shape index (κ3) is 3.78. The van der Waals surface area contributed by atoms with Gasteiger partial charge in [0.2, 0.25) is 0 Å². The zero-order valence-electron chi connectivity index (χ0n) is 13.7. The van der Waals surface area contributed by atoms with Gasteiger partial charge in [-0.15, -0.1) is 0 Å². The van der Waals surface area contributed by atoms with Gasteiger partial charge in [0, 0.05) is 0 Å². The second-order valence-electron chi connectivity index (χ2n) is 6.66. The van der Waals surface area contributed by atoms with E-state index >= 15 is 0 Å². The van der Waals surface area contributed by atoms with E-state index in [4.69, 9.17) is 9.31 Å². The van der Waals surface area contributed by atoms with Gasteiger partial charge < -0.3 is 14.4 Å². The molecule has 0 bridgehead atoms. The molecule has 0 saturated carbocycles. The van der Waals surface area contributed by atoms with Gasteiger partial charge >= 0.3 is 7.12 Å². The molecule has 1 heterocycles. The molecule has 3 nitrogen and oxygen atoms in total. The van der Waals surface area contributed by atoms with E-state index in [9.17, 15) is 9.50 Å². The number of hydrogen-bond acceptors (Lipinski definition) is 3. The van der Waals surface area contributed by atoms with E-state index in [0.29, 0.717) is 0 Å². The Balaban J connectivity index is 1.95. The summed E-state index contributed by atoms with van der Waals surface area (Å²) in [5.74, 6) is -0.279. The maximum absolute atomic E-state index is 12.9. The Kier molecular flexibility index (Phi) is 5.10. The summed E-state index contributed by atoms with van der Waals surface area (Å²) in [6.45, 7) is 8.04. The van der Waals surface area contributed by atoms with Gasteiger partial charge in [0.25, 0.3) is 0 Å². The number of allylic oxidation sites excluding steroid dienone is 1. The molecule has 0 spiro atoms. The van der Waals surface area contributed by atoms with Crippen molar-refractivity contribution in [1.29, 1.82) is 0 Å². The zero-order chi connectivity index (χ0) is 16.4. The first kappa shape index (κ1) is 17.2. The second kappa shape index (κ2) is 6.53. The lowest BCUT2D eigenvalue weighted by Gasteiger charge is -2.32. The summed E-state index contributed by atoms with van der Waals surface area (Å²) in [7, 11) is -0.241. The minimum atomic E-state index is -0.321. The van der Waals surface area contributed by atoms with Crippen LogP contribution in [0.2, 0.25) is 6.32 Å². The molecule has 1 aliphatic heterocycles. The van der Waals surface area contributed by atoms with Crippen molar-refractivity contribution in [2.75, 3.05) is 6.61 Å². The average Bonchev–Trinajstić information content (AvgIpc) is 2.64. The van der Waals surface area contributed by atoms with Crippen molar-refractivity contribution < 1.29 is 18.8 Å². The Labute approximate surface area is 132 Å². The first-order valence-corrected chi connectivity index (χ1v) is 7.66. The molecule has 0 amide bonds. The first-order chi connectivity index (χ1) is 10.2. The molecule has 0 atom stereocenters. The van der Waals surface area contributed by atoms with Gasteiger partial charge in [-0.25, -0.2) is 4.39 Å². The normalized spacial score (nSPS) is 20.5. The summed E-state index contributed by atoms with van der Waals surface area (Å²) in [4.78, 5) is 0. The third-order valence-corrected chi connectivity index (χ3v) is 4.48. The highest BCUT2D eigenvalue weighted by Gasteiger charge is 2.50. The number of hydrogen-bond donors (Lipinski definition) is 1. The molecule has 1 aromatic carbocycles. The van der Waals surface area contributed by atoms with Crippen molar-refractivity contribution in [2.45, 2.75) is 51.6 Å². The summed E-state index contributed by atoms with van der Waals surface area (Å²) in [5, 5.41) is 9.48. The molecule has 5 heteroatoms. The summed E-state index contributed by atoms with van der Waals surface area (Å²) >= 11 is 0. The molecule has 2 rings (SSSR count). The Morgan fingerprint density at radius 1 is 1.14 bits per heavy atom. The van der Waals surface area contributed by atoms with Crippen LogP contribution in [0.25, 0.3) is 5.57 Å². The van der Waals surface area contributed by atoms with Crippen LogP contribution in [0.3, 0.4) is 0 Å². The molecule has 0 aliphatic carbocycles. The monoisotopic (exact) mass is 306 g/mol. The van der Waals surface area contributed by atoms with Crippen LogP contribution in [0, 0.1) is 5.82 Å². The Hall–Kier alpha value is -1.17. The van der Waals surface area contributed by atoms with Crippen molar-refractivity contribution in [2.24, 2.45) is 0 Å². The number of aliphatic hydroxyl groups excluding tert-OH is 1. The number of aliphatic hydroxyl groups is 1. The summed E-state index contributed by atoms with van der Waals surface area (Å²) in [6, 6.07) is 6.14. The molecule has 1 N–H and O–H groups in total. The zero-order valence-corrected chi connectivity index (χ0v) is 13.7. The van der Waals surface area contributed by atoms with E-state index in [1.807, 2.05) is 33.8 Å². The molecule has 1 aromatic rings. The molecule has 0 aromatic heterocycles. The molecular formula is C17H24BFO3. The van der Waals surface area contributed by atoms with Crippen LogP contribution in [-0.2, 0) is 9.31 Å². The van der Waals surface area contributed by atoms with E-state index in [1.54, 1.807) is 12.1 Å². The van der Waals surface area contributed by atoms with Gasteiger partial charge in [-0.2, -0.15) is 0 Å². The summed E-state index contributed by atoms with van der Waals surface area (Å²) in [5.41, 5.74) is 0.977. The second-order valence-corrected chi connectivity index (χ2v) is 6.66. The first-order valence-electron chi connectivity index (χ1n) is 7.66. The van der Waals surface area contributed by atoms with Gasteiger partial charge in [0.1, 0.15) is 5.82 Å². The maximum atomic E-state index is 12.9. The highest BCUT2D eigenvalue weighted by molar-refractivity contribution is 6.45. The van der Waals surface area contributed by atoms with E-state index in [2.05, 4.69) is 0 Å². The smallest absolute Gasteiger partial charge is 0.403 e. The molecular weight excluding hydrogens is 282 g/mol. The highest BCUT2D eigenvalue weighted by atomic mass is 19.1. The van der Waals surface area contributed by atoms with Crippen LogP contribution in [0.4, 0.5) is 4.39 Å². The molecule has 0 unspecified atom stereocenters. The quantitative estimate of drug-likeness (QED) is 0.843. The SMILES string of the molecule is CC1(C)OB(CC/C=C(/CO)c2ccc(F)cc2)OC1(C)C. The number of halogens is 1. The minimum Gasteiger partial charge on any atom is -0.403 e. The molecule has 22 heavy (non-hydrogen) atoms. The van der Waals surface area contributed by atoms with Crippen LogP contribution in [-0.4, -0.2) is 30.0 Å². The van der Waals surface area contributed by atoms with E-state index in [0.717, 1.165) is 23.9 Å². The van der Waals surface area contributed by atoms with Crippen LogP contribution in [0.15, 0.2) is 30.3 Å². The highest BCUT2D eigenvalue weighted by Crippen LogP contribution is 2.38. The standard InChI is InChI=1S/C17H24BFO3/c1-16(2)17(3,4)22-18(21-16)11-5-6-14(12-20)13-7-9-15(19)10-8-13/h6-10,20H,5,11-12H2,1-4H3/b14-6-. The van der Waals surface area contributed by atoms with Gasteiger partial charge in [0.05, 0.1) is 17.8 Å². The van der Waals surface area contributed by atoms with E-state index in [1.165, 1.54) is 12.1 Å². The molecule has 120 valence electrons. The number of rotatable bonds is 5. The van der Waals surface area contributed by atoms with Crippen molar-refractivity contribution in [1.82, 2.24) is 0 Å². The van der Waals surface area contributed by atoms with Gasteiger partial charge in [-0.1, -0.05) is 18.2 Å². The van der Waals surface area contributed by atoms with Crippen molar-refractivity contribution >= 4 is 12.7 Å². The Morgan fingerprint density at radius 2 is 1.68 bits per heavy atom. The third-order valence-electron chi connectivity index (χ3n) is 4.48. The van der Waals surface area contributed by atoms with Crippen LogP contribution in [0.1, 0.15) is 39.7 Å². The van der Waals surface area contributed by atoms with Crippen molar-refractivity contribution in [3.05, 3.63) is 41.7 Å². The molecule has 1 fully saturated rings. The van der Waals surface area contributed by atoms with Crippen LogP contribution >= 0.6 is 0 Å². The average molecular weight is 306 g/mol. The molecule has 1 saturated heterocycles. The van der Waals surface area contributed by atoms with E-state index < -0.39 is 0 Å². The lowest BCUT2D eigenvalue weighted by Crippen LogP contribution is -2.41. The summed E-state index contributed by atoms with van der Waals surface area (Å²) in [6.07, 6.45) is 3.40. The van der Waals surface area contributed by atoms with Crippen LogP contribution in [0.5, 0.6) is 0 Å². The van der Waals surface area contributed by atoms with E-state index in [-0.39, 0.29) is 30.7 Å². The fourth-order valence-corrected chi connectivity index (χ4v) is 2.41. The topological polar surface area (TPSA) is 38.7 Å². The lowest BCUT2D eigenvalue weighted by atomic mass is 9.82. The Bertz CT molecular complexity index is 521.